The Morgan fingerprint density at radius 1 is 0.388 bits per heavy atom. The van der Waals surface area contributed by atoms with Crippen LogP contribution in [0.25, 0.3) is 87.3 Å². The molecule has 0 aliphatic carbocycles. The van der Waals surface area contributed by atoms with Gasteiger partial charge in [-0.1, -0.05) is 116 Å². The van der Waals surface area contributed by atoms with E-state index in [1.54, 1.807) is 48.5 Å². The maximum Gasteiger partial charge on any atom is 0.363 e. The first-order chi connectivity index (χ1) is 62.0. The lowest BCUT2D eigenvalue weighted by Crippen LogP contribution is -2.54. The lowest BCUT2D eigenvalue weighted by Gasteiger charge is -2.39. The Hall–Kier alpha value is -13.7. The number of morpholine rings is 3. The van der Waals surface area contributed by atoms with Crippen molar-refractivity contribution in [1.82, 2.24) is 28.4 Å². The normalized spacial score (nSPS) is 14.6. The van der Waals surface area contributed by atoms with Crippen LogP contribution in [-0.2, 0) is 52.6 Å². The number of ether oxygens (including phenoxy) is 4. The largest absolute Gasteiger partial charge is 0.462 e. The maximum absolute atomic E-state index is 13.8. The van der Waals surface area contributed by atoms with E-state index in [1.807, 2.05) is 181 Å². The summed E-state index contributed by atoms with van der Waals surface area (Å²) in [6.45, 7) is 36.0. The minimum absolute atomic E-state index is 0.0519. The molecule has 3 aliphatic heterocycles. The monoisotopic (exact) mass is 1740 g/mol. The molecule has 0 atom stereocenters. The molecule has 0 unspecified atom stereocenters. The summed E-state index contributed by atoms with van der Waals surface area (Å²) >= 11 is 0. The Balaban J connectivity index is 0.000000165. The van der Waals surface area contributed by atoms with Gasteiger partial charge in [0.25, 0.3) is 0 Å². The number of carbonyl (C=O) groups is 10. The van der Waals surface area contributed by atoms with Gasteiger partial charge in [0.15, 0.2) is 17.3 Å². The molecule has 0 bridgehead atoms. The molecule has 9 aromatic carbocycles. The van der Waals surface area contributed by atoms with Crippen LogP contribution in [0.4, 0.5) is 0 Å². The molecular weight excluding hydrogens is 1640 g/mol. The van der Waals surface area contributed by atoms with Crippen LogP contribution in [0, 0.1) is 6.57 Å². The number of amidine groups is 1. The molecule has 3 aliphatic rings. The molecule has 664 valence electrons. The maximum atomic E-state index is 13.8. The number of benzene rings is 9. The van der Waals surface area contributed by atoms with E-state index in [0.717, 1.165) is 134 Å². The zero-order valence-corrected chi connectivity index (χ0v) is 74.2. The zero-order chi connectivity index (χ0) is 91.8. The molecule has 3 saturated heterocycles. The van der Waals surface area contributed by atoms with Gasteiger partial charge in [0.1, 0.15) is 11.4 Å². The molecule has 27 heteroatoms. The summed E-state index contributed by atoms with van der Waals surface area (Å²) in [6.07, 6.45) is 5.35. The Labute approximate surface area is 747 Å². The van der Waals surface area contributed by atoms with Crippen molar-refractivity contribution in [2.24, 2.45) is 15.5 Å². The van der Waals surface area contributed by atoms with Gasteiger partial charge in [0.05, 0.1) is 101 Å². The minimum atomic E-state index is -0.717. The summed E-state index contributed by atoms with van der Waals surface area (Å²) in [4.78, 5) is 150. The average Bonchev–Trinajstić information content (AvgIpc) is 1.60. The van der Waals surface area contributed by atoms with Crippen LogP contribution >= 0.6 is 0 Å². The SMILES string of the molecule is C=CC(=O)OCC/C(=N\OC(C)=O)C(=O)c1ccc(-n2c3ccccc3c3cc(C(=O)C(C)(C)N4CCOCC4)ccc32)cc1.CCCCCC/C(=N\OC(C)=O)C(=O)c1ccc(-n2c3ccccc3c3cc(C(=O)C(C)(C)N4CCOCC4)ccc32)cc1.[C-]#[N+]/C(=N\OC(C)=O)C(=O)c1ccc(-n2c3ccccc3c3cc(C(=O)C(C)(C)N4CCOCC4)ccc32)cc1. The molecule has 0 spiro atoms. The van der Waals surface area contributed by atoms with Crippen molar-refractivity contribution >= 4 is 141 Å². The number of hydrogen-bond acceptors (Lipinski definition) is 23. The summed E-state index contributed by atoms with van der Waals surface area (Å²) in [7, 11) is 0. The van der Waals surface area contributed by atoms with Gasteiger partial charge in [-0.2, -0.15) is 0 Å². The average molecular weight is 1740 g/mol. The van der Waals surface area contributed by atoms with Crippen LogP contribution < -0.4 is 0 Å². The highest BCUT2D eigenvalue weighted by molar-refractivity contribution is 6.48. The van der Waals surface area contributed by atoms with Crippen LogP contribution in [0.3, 0.4) is 0 Å². The number of oxime groups is 3. The first kappa shape index (κ1) is 92.9. The van der Waals surface area contributed by atoms with Crippen molar-refractivity contribution in [2.45, 2.75) is 124 Å². The number of aromatic nitrogens is 3. The highest BCUT2D eigenvalue weighted by Crippen LogP contribution is 2.39. The van der Waals surface area contributed by atoms with Gasteiger partial charge in [-0.3, -0.25) is 38.7 Å². The van der Waals surface area contributed by atoms with E-state index in [-0.39, 0.29) is 53.1 Å². The van der Waals surface area contributed by atoms with Gasteiger partial charge in [-0.05, 0) is 188 Å². The van der Waals surface area contributed by atoms with Crippen molar-refractivity contribution in [2.75, 3.05) is 85.5 Å². The van der Waals surface area contributed by atoms with Crippen LogP contribution in [0.15, 0.2) is 228 Å². The van der Waals surface area contributed by atoms with Crippen molar-refractivity contribution in [3.05, 3.63) is 258 Å². The Kier molecular flexibility index (Phi) is 29.8. The fraction of sp³-hybridized carbons (Fsp3) is 0.314. The Morgan fingerprint density at radius 3 is 1.01 bits per heavy atom. The number of unbranched alkanes of at least 4 members (excludes halogenated alkanes) is 3. The second-order valence-corrected chi connectivity index (χ2v) is 33.1. The number of rotatable bonds is 30. The number of esters is 1. The van der Waals surface area contributed by atoms with E-state index in [0.29, 0.717) is 100 Å². The summed E-state index contributed by atoms with van der Waals surface area (Å²) in [5, 5.41) is 16.9. The standard InChI is InChI=1S/C36H41N3O5.C35H35N3O7.C31H28N4O5/c1-5-6-7-8-12-31(37-44-25(2)40)34(41)26-14-17-28(18-15-26)39-32-13-10-9-11-29(32)30-24-27(16-19-33(30)39)35(42)36(3,4)38-20-22-43-23-21-38;1-5-32(40)44-19-16-29(36-45-23(2)39)33(41)24-10-13-26(14-11-24)38-30-9-7-6-8-27(30)28-22-25(12-15-31(28)38)34(42)35(3,4)37-17-20-43-21-18-37;1-20(36)40-33-30(32-4)28(37)21-9-12-23(13-10-21)35-26-8-6-5-7-24(26)25-19-22(11-14-27(25)35)29(38)31(2,3)34-15-17-39-18-16-34/h9-11,13-19,24H,5-8,12,20-23H2,1-4H3;5-15,22H,1,16-21H2,2-4H3;5-14,19H,15-18H2,1-3H3/b37-31+;36-29+;33-30-. The van der Waals surface area contributed by atoms with E-state index >= 15 is 0 Å². The molecule has 27 nitrogen and oxygen atoms in total. The number of Topliss-reactive ketones (excluding diaryl/α,β-unsaturated/α-hetero) is 6. The molecule has 0 saturated carbocycles. The number of para-hydroxylation sites is 3. The van der Waals surface area contributed by atoms with Crippen molar-refractivity contribution < 1.29 is 81.4 Å². The van der Waals surface area contributed by atoms with E-state index in [9.17, 15) is 47.9 Å². The molecule has 12 aromatic rings. The Bertz CT molecular complexity index is 6440. The lowest BCUT2D eigenvalue weighted by atomic mass is 9.90. The smallest absolute Gasteiger partial charge is 0.363 e. The van der Waals surface area contributed by atoms with E-state index in [4.69, 9.17) is 35.2 Å². The first-order valence-corrected chi connectivity index (χ1v) is 43.1. The van der Waals surface area contributed by atoms with Crippen molar-refractivity contribution in [3.8, 4) is 17.1 Å². The minimum Gasteiger partial charge on any atom is -0.462 e. The van der Waals surface area contributed by atoms with Crippen molar-refractivity contribution in [3.63, 3.8) is 0 Å². The fourth-order valence-electron chi connectivity index (χ4n) is 16.7. The van der Waals surface area contributed by atoms with Gasteiger partial charge in [-0.25, -0.2) is 24.0 Å². The summed E-state index contributed by atoms with van der Waals surface area (Å²) in [5.74, 6) is -4.28. The molecule has 0 N–H and O–H groups in total. The van der Waals surface area contributed by atoms with Gasteiger partial charge < -0.3 is 52.0 Å². The molecule has 3 fully saturated rings. The van der Waals surface area contributed by atoms with Crippen molar-refractivity contribution in [1.29, 1.82) is 0 Å². The number of fused-ring (bicyclic) bond motifs is 9. The van der Waals surface area contributed by atoms with Crippen LogP contribution in [0.2, 0.25) is 0 Å². The Morgan fingerprint density at radius 2 is 0.690 bits per heavy atom. The topological polar surface area (TPSA) is 301 Å². The van der Waals surface area contributed by atoms with Crippen LogP contribution in [0.1, 0.15) is 170 Å². The third-order valence-electron chi connectivity index (χ3n) is 23.7. The second kappa shape index (κ2) is 41.4. The summed E-state index contributed by atoms with van der Waals surface area (Å²) in [5.41, 5.74) is 9.40. The molecule has 6 heterocycles. The fourth-order valence-corrected chi connectivity index (χ4v) is 16.7. The summed E-state index contributed by atoms with van der Waals surface area (Å²) < 4.78 is 27.8. The van der Waals surface area contributed by atoms with E-state index in [1.165, 1.54) is 13.8 Å². The predicted molar refractivity (Wildman–Crippen MR) is 496 cm³/mol. The predicted octanol–water partition coefficient (Wildman–Crippen LogP) is 17.5. The molecule has 15 rings (SSSR count). The van der Waals surface area contributed by atoms with E-state index in [2.05, 4.69) is 79.2 Å². The molecule has 129 heavy (non-hydrogen) atoms. The van der Waals surface area contributed by atoms with Gasteiger partial charge in [-0.15, -0.1) is 0 Å². The molecular formula is C102H104N10O17. The molecule has 0 amide bonds. The summed E-state index contributed by atoms with van der Waals surface area (Å²) in [6, 6.07) is 62.8. The quantitative estimate of drug-likeness (QED) is 0.00465. The highest BCUT2D eigenvalue weighted by Gasteiger charge is 2.40. The highest BCUT2D eigenvalue weighted by atomic mass is 16.7. The van der Waals surface area contributed by atoms with Gasteiger partial charge in [0.2, 0.25) is 17.3 Å². The third kappa shape index (κ3) is 20.8. The van der Waals surface area contributed by atoms with Gasteiger partial charge in [0, 0.05) is 155 Å². The zero-order valence-electron chi connectivity index (χ0n) is 74.2. The number of nitrogens with zero attached hydrogens (tertiary/aromatic N) is 10. The van der Waals surface area contributed by atoms with E-state index < -0.39 is 57.9 Å². The van der Waals surface area contributed by atoms with Crippen LogP contribution in [-0.4, -0.2) is 206 Å². The molecule has 0 radical (unpaired) electrons. The molecule has 3 aromatic heterocycles. The number of carbonyl (C=O) groups excluding carboxylic acids is 10. The number of ketones is 6. The van der Waals surface area contributed by atoms with Crippen LogP contribution in [0.5, 0.6) is 0 Å². The second-order valence-electron chi connectivity index (χ2n) is 33.1. The third-order valence-corrected chi connectivity index (χ3v) is 23.7. The lowest BCUT2D eigenvalue weighted by molar-refractivity contribution is -0.141. The van der Waals surface area contributed by atoms with Gasteiger partial charge >= 0.3 is 29.7 Å². The number of hydrogen-bond donors (Lipinski definition) is 0. The first-order valence-electron chi connectivity index (χ1n) is 43.1.